The summed E-state index contributed by atoms with van der Waals surface area (Å²) < 4.78 is 11.7. The number of benzene rings is 2. The molecular formula is C21H22ClN3O3S. The third-order valence-electron chi connectivity index (χ3n) is 5.45. The largest absolute Gasteiger partial charge is 0.467 e. The van der Waals surface area contributed by atoms with Crippen LogP contribution in [0.3, 0.4) is 0 Å². The lowest BCUT2D eigenvalue weighted by Gasteiger charge is -2.56. The van der Waals surface area contributed by atoms with Crippen molar-refractivity contribution in [1.29, 1.82) is 0 Å². The molecule has 2 heterocycles. The zero-order chi connectivity index (χ0) is 20.6. The molecule has 1 saturated heterocycles. The van der Waals surface area contributed by atoms with Crippen LogP contribution in [0.2, 0.25) is 5.02 Å². The summed E-state index contributed by atoms with van der Waals surface area (Å²) in [6, 6.07) is 14.5. The van der Waals surface area contributed by atoms with Gasteiger partial charge in [-0.15, -0.1) is 0 Å². The highest BCUT2D eigenvalue weighted by molar-refractivity contribution is 7.80. The van der Waals surface area contributed by atoms with Crippen molar-refractivity contribution < 1.29 is 14.3 Å². The first kappa shape index (κ1) is 19.9. The van der Waals surface area contributed by atoms with Gasteiger partial charge in [0.05, 0.1) is 12.6 Å². The van der Waals surface area contributed by atoms with E-state index in [1.807, 2.05) is 36.1 Å². The highest BCUT2D eigenvalue weighted by atomic mass is 35.5. The number of ether oxygens (including phenoxy) is 2. The van der Waals surface area contributed by atoms with Gasteiger partial charge in [0.1, 0.15) is 11.7 Å². The molecule has 0 aliphatic carbocycles. The topological polar surface area (TPSA) is 62.8 Å². The van der Waals surface area contributed by atoms with Gasteiger partial charge in [0, 0.05) is 29.9 Å². The Bertz CT molecular complexity index is 939. The van der Waals surface area contributed by atoms with Crippen LogP contribution in [-0.2, 0) is 9.53 Å². The van der Waals surface area contributed by atoms with Gasteiger partial charge < -0.3 is 25.0 Å². The minimum atomic E-state index is -0.962. The van der Waals surface area contributed by atoms with Crippen LogP contribution in [0.25, 0.3) is 0 Å². The molecule has 29 heavy (non-hydrogen) atoms. The summed E-state index contributed by atoms with van der Waals surface area (Å²) in [6.45, 7) is 2.86. The Morgan fingerprint density at radius 2 is 2.03 bits per heavy atom. The summed E-state index contributed by atoms with van der Waals surface area (Å²) in [5.41, 5.74) is 0.622. The van der Waals surface area contributed by atoms with Gasteiger partial charge in [-0.05, 0) is 49.5 Å². The maximum atomic E-state index is 13.4. The number of nitrogens with one attached hydrogen (secondary N) is 2. The monoisotopic (exact) mass is 431 g/mol. The smallest absolute Gasteiger partial charge is 0.236 e. The molecular weight excluding hydrogens is 410 g/mol. The normalized spacial score (nSPS) is 24.9. The summed E-state index contributed by atoms with van der Waals surface area (Å²) in [5, 5.41) is 7.50. The molecule has 2 bridgehead atoms. The van der Waals surface area contributed by atoms with Crippen LogP contribution in [0.5, 0.6) is 5.75 Å². The maximum Gasteiger partial charge on any atom is 0.236 e. The minimum absolute atomic E-state index is 0.160. The quantitative estimate of drug-likeness (QED) is 0.705. The molecule has 2 aromatic rings. The third-order valence-corrected chi connectivity index (χ3v) is 6.04. The lowest BCUT2D eigenvalue weighted by atomic mass is 9.79. The van der Waals surface area contributed by atoms with Gasteiger partial charge in [0.15, 0.2) is 10.8 Å². The van der Waals surface area contributed by atoms with Crippen molar-refractivity contribution in [3.8, 4) is 5.75 Å². The van der Waals surface area contributed by atoms with Gasteiger partial charge in [-0.25, -0.2) is 0 Å². The number of rotatable bonds is 5. The predicted molar refractivity (Wildman–Crippen MR) is 116 cm³/mol. The van der Waals surface area contributed by atoms with Gasteiger partial charge in [0.2, 0.25) is 5.91 Å². The Labute approximate surface area is 180 Å². The van der Waals surface area contributed by atoms with Crippen LogP contribution in [0.15, 0.2) is 48.5 Å². The van der Waals surface area contributed by atoms with E-state index in [0.29, 0.717) is 29.0 Å². The van der Waals surface area contributed by atoms with E-state index in [-0.39, 0.29) is 11.9 Å². The summed E-state index contributed by atoms with van der Waals surface area (Å²) >= 11 is 11.6. The molecule has 1 amide bonds. The maximum absolute atomic E-state index is 13.4. The molecule has 0 unspecified atom stereocenters. The van der Waals surface area contributed by atoms with Crippen LogP contribution in [0.4, 0.5) is 5.69 Å². The standard InChI is InChI=1S/C21H22ClN3O3S/c1-21-17(19(26)23-14-9-7-13(22)8-10-14)18(15-5-3-4-6-16(15)28-21)24-20(29)25(21)11-12-27-2/h3-10,17-18H,11-12H2,1-2H3,(H,23,26)(H,24,29)/t17-,18-,21-/m1/s1. The Morgan fingerprint density at radius 1 is 1.31 bits per heavy atom. The number of halogens is 1. The van der Waals surface area contributed by atoms with E-state index < -0.39 is 11.6 Å². The second-order valence-corrected chi connectivity index (χ2v) is 8.06. The van der Waals surface area contributed by atoms with E-state index in [4.69, 9.17) is 33.3 Å². The van der Waals surface area contributed by atoms with Crippen molar-refractivity contribution in [3.63, 3.8) is 0 Å². The first-order valence-corrected chi connectivity index (χ1v) is 10.1. The first-order valence-electron chi connectivity index (χ1n) is 9.35. The van der Waals surface area contributed by atoms with E-state index in [1.165, 1.54) is 0 Å². The third kappa shape index (κ3) is 3.54. The molecule has 1 fully saturated rings. The number of hydrogen-bond donors (Lipinski definition) is 2. The SMILES string of the molecule is COCCN1C(=S)N[C@@H]2c3ccccc3O[C@]1(C)[C@H]2C(=O)Nc1ccc(Cl)cc1. The highest BCUT2D eigenvalue weighted by Crippen LogP contribution is 2.48. The number of amides is 1. The second kappa shape index (κ2) is 7.82. The van der Waals surface area contributed by atoms with Gasteiger partial charge in [-0.1, -0.05) is 29.8 Å². The molecule has 6 nitrogen and oxygen atoms in total. The minimum Gasteiger partial charge on any atom is -0.467 e. The lowest BCUT2D eigenvalue weighted by Crippen LogP contribution is -2.72. The number of thiocarbonyl (C=S) groups is 1. The van der Waals surface area contributed by atoms with Crippen LogP contribution in [0.1, 0.15) is 18.5 Å². The van der Waals surface area contributed by atoms with Crippen molar-refractivity contribution in [1.82, 2.24) is 10.2 Å². The van der Waals surface area contributed by atoms with E-state index in [1.54, 1.807) is 31.4 Å². The van der Waals surface area contributed by atoms with Gasteiger partial charge >= 0.3 is 0 Å². The number of methoxy groups -OCH3 is 1. The fourth-order valence-electron chi connectivity index (χ4n) is 4.06. The number of carbonyl (C=O) groups excluding carboxylic acids is 1. The number of para-hydroxylation sites is 1. The molecule has 0 spiro atoms. The summed E-state index contributed by atoms with van der Waals surface area (Å²) in [6.07, 6.45) is 0. The van der Waals surface area contributed by atoms with E-state index in [2.05, 4.69) is 10.6 Å². The van der Waals surface area contributed by atoms with Crippen LogP contribution in [-0.4, -0.2) is 41.9 Å². The number of anilines is 1. The van der Waals surface area contributed by atoms with Crippen LogP contribution in [0, 0.1) is 5.92 Å². The Balaban J connectivity index is 1.73. The summed E-state index contributed by atoms with van der Waals surface area (Å²) in [7, 11) is 1.63. The molecule has 152 valence electrons. The summed E-state index contributed by atoms with van der Waals surface area (Å²) in [5.74, 6) is 0.0383. The molecule has 8 heteroatoms. The Kier molecular flexibility index (Phi) is 5.38. The molecule has 2 aliphatic heterocycles. The molecule has 2 N–H and O–H groups in total. The van der Waals surface area contributed by atoms with Crippen molar-refractivity contribution in [2.45, 2.75) is 18.7 Å². The van der Waals surface area contributed by atoms with Gasteiger partial charge in [0.25, 0.3) is 0 Å². The number of carbonyl (C=O) groups is 1. The highest BCUT2D eigenvalue weighted by Gasteiger charge is 2.58. The Hall–Kier alpha value is -2.35. The zero-order valence-corrected chi connectivity index (χ0v) is 17.7. The van der Waals surface area contributed by atoms with Gasteiger partial charge in [-0.2, -0.15) is 0 Å². The van der Waals surface area contributed by atoms with Crippen LogP contribution < -0.4 is 15.4 Å². The first-order chi connectivity index (χ1) is 13.9. The molecule has 0 aromatic heterocycles. The molecule has 0 radical (unpaired) electrons. The van der Waals surface area contributed by atoms with Crippen molar-refractivity contribution in [2.75, 3.05) is 25.6 Å². The predicted octanol–water partition coefficient (Wildman–Crippen LogP) is 3.58. The van der Waals surface area contributed by atoms with E-state index in [9.17, 15) is 4.79 Å². The molecule has 2 aromatic carbocycles. The van der Waals surface area contributed by atoms with Gasteiger partial charge in [-0.3, -0.25) is 4.79 Å². The Morgan fingerprint density at radius 3 is 2.76 bits per heavy atom. The molecule has 2 aliphatic rings. The average molecular weight is 432 g/mol. The zero-order valence-electron chi connectivity index (χ0n) is 16.1. The van der Waals surface area contributed by atoms with Crippen molar-refractivity contribution in [2.24, 2.45) is 5.92 Å². The molecule has 0 saturated carbocycles. The van der Waals surface area contributed by atoms with Crippen molar-refractivity contribution in [3.05, 3.63) is 59.1 Å². The fraction of sp³-hybridized carbons (Fsp3) is 0.333. The second-order valence-electron chi connectivity index (χ2n) is 7.24. The average Bonchev–Trinajstić information content (AvgIpc) is 2.69. The fourth-order valence-corrected chi connectivity index (χ4v) is 4.58. The number of hydrogen-bond acceptors (Lipinski definition) is 4. The number of fused-ring (bicyclic) bond motifs is 4. The molecule has 3 atom stereocenters. The number of nitrogens with zero attached hydrogens (tertiary/aromatic N) is 1. The summed E-state index contributed by atoms with van der Waals surface area (Å²) in [4.78, 5) is 15.3. The van der Waals surface area contributed by atoms with E-state index in [0.717, 1.165) is 11.3 Å². The molecule has 4 rings (SSSR count). The van der Waals surface area contributed by atoms with Crippen LogP contribution >= 0.6 is 23.8 Å². The lowest BCUT2D eigenvalue weighted by molar-refractivity contribution is -0.150. The van der Waals surface area contributed by atoms with Crippen molar-refractivity contribution >= 4 is 40.5 Å². The van der Waals surface area contributed by atoms with E-state index >= 15 is 0 Å².